The van der Waals surface area contributed by atoms with Crippen LogP contribution in [0.5, 0.6) is 0 Å². The number of hydrogen-bond donors (Lipinski definition) is 2. The van der Waals surface area contributed by atoms with E-state index in [-0.39, 0.29) is 11.8 Å². The monoisotopic (exact) mass is 381 g/mol. The smallest absolute Gasteiger partial charge is 0.238 e. The molecule has 0 unspecified atom stereocenters. The maximum atomic E-state index is 12.3. The summed E-state index contributed by atoms with van der Waals surface area (Å²) in [6, 6.07) is 11.2. The van der Waals surface area contributed by atoms with Gasteiger partial charge in [0, 0.05) is 62.9 Å². The van der Waals surface area contributed by atoms with Crippen molar-refractivity contribution in [1.82, 2.24) is 14.8 Å². The fraction of sp³-hybridized carbons (Fsp3) is 0.381. The van der Waals surface area contributed by atoms with Crippen LogP contribution in [0.3, 0.4) is 0 Å². The summed E-state index contributed by atoms with van der Waals surface area (Å²) in [6.07, 6.45) is 1.82. The summed E-state index contributed by atoms with van der Waals surface area (Å²) < 4.78 is 0. The van der Waals surface area contributed by atoms with E-state index in [1.54, 1.807) is 24.3 Å². The minimum Gasteiger partial charge on any atom is -0.326 e. The van der Waals surface area contributed by atoms with E-state index in [9.17, 15) is 9.59 Å². The average molecular weight is 381 g/mol. The van der Waals surface area contributed by atoms with E-state index in [0.717, 1.165) is 44.1 Å². The van der Waals surface area contributed by atoms with Crippen molar-refractivity contribution < 1.29 is 9.59 Å². The van der Waals surface area contributed by atoms with Crippen LogP contribution in [0.4, 0.5) is 11.4 Å². The van der Waals surface area contributed by atoms with E-state index < -0.39 is 0 Å². The SMILES string of the molecule is CC(=O)Nc1ccc(NC(=O)CN2CCN(Cc3cccnc3C)CC2)cc1. The van der Waals surface area contributed by atoms with Gasteiger partial charge < -0.3 is 10.6 Å². The average Bonchev–Trinajstić information content (AvgIpc) is 2.66. The van der Waals surface area contributed by atoms with Gasteiger partial charge >= 0.3 is 0 Å². The van der Waals surface area contributed by atoms with Crippen molar-refractivity contribution in [2.45, 2.75) is 20.4 Å². The second kappa shape index (κ2) is 9.43. The van der Waals surface area contributed by atoms with Crippen LogP contribution in [-0.4, -0.2) is 59.3 Å². The van der Waals surface area contributed by atoms with Gasteiger partial charge in [0.05, 0.1) is 6.54 Å². The van der Waals surface area contributed by atoms with Gasteiger partial charge in [-0.1, -0.05) is 6.07 Å². The van der Waals surface area contributed by atoms with Gasteiger partial charge in [0.25, 0.3) is 0 Å². The normalized spacial score (nSPS) is 15.2. The molecule has 0 saturated carbocycles. The van der Waals surface area contributed by atoms with Gasteiger partial charge in [-0.2, -0.15) is 0 Å². The summed E-state index contributed by atoms with van der Waals surface area (Å²) in [6.45, 7) is 8.40. The summed E-state index contributed by atoms with van der Waals surface area (Å²) in [4.78, 5) is 32.3. The third-order valence-corrected chi connectivity index (χ3v) is 4.83. The molecule has 1 aromatic carbocycles. The highest BCUT2D eigenvalue weighted by molar-refractivity contribution is 5.93. The van der Waals surface area contributed by atoms with Crippen molar-refractivity contribution in [3.8, 4) is 0 Å². The molecule has 7 heteroatoms. The van der Waals surface area contributed by atoms with E-state index in [1.165, 1.54) is 12.5 Å². The first-order valence-electron chi connectivity index (χ1n) is 9.52. The van der Waals surface area contributed by atoms with Crippen LogP contribution < -0.4 is 10.6 Å². The third-order valence-electron chi connectivity index (χ3n) is 4.83. The fourth-order valence-electron chi connectivity index (χ4n) is 3.27. The van der Waals surface area contributed by atoms with Crippen LogP contribution in [0.15, 0.2) is 42.6 Å². The molecule has 1 aliphatic heterocycles. The number of nitrogens with one attached hydrogen (secondary N) is 2. The molecule has 2 N–H and O–H groups in total. The van der Waals surface area contributed by atoms with Gasteiger partial charge in [-0.15, -0.1) is 0 Å². The van der Waals surface area contributed by atoms with Crippen LogP contribution >= 0.6 is 0 Å². The van der Waals surface area contributed by atoms with Gasteiger partial charge in [-0.05, 0) is 42.8 Å². The standard InChI is InChI=1S/C21H27N5O2/c1-16-18(4-3-9-22-16)14-25-10-12-26(13-11-25)15-21(28)24-20-7-5-19(6-8-20)23-17(2)27/h3-9H,10-15H2,1-2H3,(H,23,27)(H,24,28). The summed E-state index contributed by atoms with van der Waals surface area (Å²) >= 11 is 0. The molecular weight excluding hydrogens is 354 g/mol. The molecule has 0 aliphatic carbocycles. The van der Waals surface area contributed by atoms with E-state index in [1.807, 2.05) is 19.2 Å². The molecule has 3 rings (SSSR count). The quantitative estimate of drug-likeness (QED) is 0.801. The number of aryl methyl sites for hydroxylation is 1. The second-order valence-electron chi connectivity index (χ2n) is 7.11. The van der Waals surface area contributed by atoms with Crippen LogP contribution in [0.2, 0.25) is 0 Å². The Morgan fingerprint density at radius 1 is 0.964 bits per heavy atom. The lowest BCUT2D eigenvalue weighted by molar-refractivity contribution is -0.117. The highest BCUT2D eigenvalue weighted by Crippen LogP contribution is 2.14. The predicted octanol–water partition coefficient (Wildman–Crippen LogP) is 2.10. The number of anilines is 2. The molecule has 28 heavy (non-hydrogen) atoms. The Kier molecular flexibility index (Phi) is 6.73. The molecule has 2 heterocycles. The summed E-state index contributed by atoms with van der Waals surface area (Å²) in [5, 5.41) is 5.62. The fourth-order valence-corrected chi connectivity index (χ4v) is 3.27. The van der Waals surface area contributed by atoms with Crippen molar-refractivity contribution in [3.63, 3.8) is 0 Å². The van der Waals surface area contributed by atoms with E-state index >= 15 is 0 Å². The van der Waals surface area contributed by atoms with Crippen molar-refractivity contribution in [1.29, 1.82) is 0 Å². The van der Waals surface area contributed by atoms with Crippen LogP contribution in [0.25, 0.3) is 0 Å². The number of piperazine rings is 1. The molecule has 7 nitrogen and oxygen atoms in total. The van der Waals surface area contributed by atoms with Crippen molar-refractivity contribution >= 4 is 23.2 Å². The molecule has 148 valence electrons. The van der Waals surface area contributed by atoms with E-state index in [4.69, 9.17) is 0 Å². The predicted molar refractivity (Wildman–Crippen MR) is 110 cm³/mol. The van der Waals surface area contributed by atoms with Crippen LogP contribution in [0, 0.1) is 6.92 Å². The number of aromatic nitrogens is 1. The lowest BCUT2D eigenvalue weighted by atomic mass is 10.2. The van der Waals surface area contributed by atoms with Gasteiger partial charge in [-0.25, -0.2) is 0 Å². The Morgan fingerprint density at radius 2 is 1.57 bits per heavy atom. The molecule has 1 fully saturated rings. The number of rotatable bonds is 6. The first-order valence-corrected chi connectivity index (χ1v) is 9.52. The Labute approximate surface area is 165 Å². The minimum absolute atomic E-state index is 0.0242. The largest absolute Gasteiger partial charge is 0.326 e. The number of pyridine rings is 1. The summed E-state index contributed by atoms with van der Waals surface area (Å²) in [5.41, 5.74) is 3.78. The van der Waals surface area contributed by atoms with Crippen LogP contribution in [-0.2, 0) is 16.1 Å². The molecule has 1 saturated heterocycles. The number of nitrogens with zero attached hydrogens (tertiary/aromatic N) is 3. The lowest BCUT2D eigenvalue weighted by Crippen LogP contribution is -2.48. The topological polar surface area (TPSA) is 77.6 Å². The third kappa shape index (κ3) is 5.87. The highest BCUT2D eigenvalue weighted by atomic mass is 16.2. The molecule has 1 aromatic heterocycles. The van der Waals surface area contributed by atoms with Crippen molar-refractivity contribution in [2.75, 3.05) is 43.4 Å². The molecule has 2 aromatic rings. The van der Waals surface area contributed by atoms with Gasteiger partial charge in [0.2, 0.25) is 11.8 Å². The summed E-state index contributed by atoms with van der Waals surface area (Å²) in [7, 11) is 0. The number of hydrogen-bond acceptors (Lipinski definition) is 5. The Hall–Kier alpha value is -2.77. The zero-order chi connectivity index (χ0) is 19.9. The summed E-state index contributed by atoms with van der Waals surface area (Å²) in [5.74, 6) is -0.140. The highest BCUT2D eigenvalue weighted by Gasteiger charge is 2.19. The van der Waals surface area contributed by atoms with Crippen molar-refractivity contribution in [3.05, 3.63) is 53.9 Å². The van der Waals surface area contributed by atoms with E-state index in [2.05, 4.69) is 31.5 Å². The Balaban J connectivity index is 1.42. The molecule has 0 atom stereocenters. The molecule has 2 amide bonds. The first-order chi connectivity index (χ1) is 13.5. The van der Waals surface area contributed by atoms with E-state index in [0.29, 0.717) is 12.2 Å². The van der Waals surface area contributed by atoms with Crippen LogP contribution in [0.1, 0.15) is 18.2 Å². The molecule has 0 spiro atoms. The van der Waals surface area contributed by atoms with Crippen molar-refractivity contribution in [2.24, 2.45) is 0 Å². The molecule has 0 radical (unpaired) electrons. The zero-order valence-electron chi connectivity index (χ0n) is 16.4. The van der Waals surface area contributed by atoms with Gasteiger partial charge in [0.1, 0.15) is 0 Å². The lowest BCUT2D eigenvalue weighted by Gasteiger charge is -2.34. The number of amides is 2. The minimum atomic E-state index is -0.116. The Morgan fingerprint density at radius 3 is 2.18 bits per heavy atom. The zero-order valence-corrected chi connectivity index (χ0v) is 16.4. The number of carbonyl (C=O) groups excluding carboxylic acids is 2. The molecule has 0 bridgehead atoms. The number of benzene rings is 1. The molecule has 1 aliphatic rings. The second-order valence-corrected chi connectivity index (χ2v) is 7.11. The number of carbonyl (C=O) groups is 2. The van der Waals surface area contributed by atoms with Gasteiger partial charge in [-0.3, -0.25) is 24.4 Å². The maximum Gasteiger partial charge on any atom is 0.238 e. The van der Waals surface area contributed by atoms with Gasteiger partial charge in [0.15, 0.2) is 0 Å². The maximum absolute atomic E-state index is 12.3. The molecular formula is C21H27N5O2. The Bertz CT molecular complexity index is 814. The first kappa shape index (κ1) is 20.0.